The summed E-state index contributed by atoms with van der Waals surface area (Å²) in [5, 5.41) is 17.5. The average molecular weight is 263 g/mol. The summed E-state index contributed by atoms with van der Waals surface area (Å²) in [5.74, 6) is 0.313. The van der Waals surface area contributed by atoms with Crippen molar-refractivity contribution in [3.05, 3.63) is 16.7 Å². The summed E-state index contributed by atoms with van der Waals surface area (Å²) >= 11 is 3.11. The van der Waals surface area contributed by atoms with E-state index in [0.717, 1.165) is 0 Å². The predicted octanol–water partition coefficient (Wildman–Crippen LogP) is 1.73. The number of halogens is 1. The second-order valence-electron chi connectivity index (χ2n) is 2.28. The number of methoxy groups -OCH3 is 1. The molecule has 1 amide bonds. The molecule has 0 radical (unpaired) electrons. The van der Waals surface area contributed by atoms with Gasteiger partial charge in [-0.2, -0.15) is 5.06 Å². The Labute approximate surface area is 87.8 Å². The van der Waals surface area contributed by atoms with E-state index in [1.54, 1.807) is 0 Å². The highest BCUT2D eigenvalue weighted by atomic mass is 79.9. The number of rotatable bonds is 2. The predicted molar refractivity (Wildman–Crippen MR) is 50.8 cm³/mol. The SMILES string of the molecule is COc1ncc(N(O)C(=O)O)cc1Br. The third-order valence-electron chi connectivity index (χ3n) is 1.41. The zero-order valence-corrected chi connectivity index (χ0v) is 8.72. The minimum atomic E-state index is -1.48. The molecule has 1 rings (SSSR count). The van der Waals surface area contributed by atoms with Crippen molar-refractivity contribution in [2.75, 3.05) is 12.2 Å². The van der Waals surface area contributed by atoms with Crippen molar-refractivity contribution in [3.63, 3.8) is 0 Å². The Morgan fingerprint density at radius 3 is 2.79 bits per heavy atom. The highest BCUT2D eigenvalue weighted by Crippen LogP contribution is 2.26. The van der Waals surface area contributed by atoms with Gasteiger partial charge in [-0.15, -0.1) is 0 Å². The standard InChI is InChI=1S/C7H7BrN2O4/c1-14-6-5(8)2-4(3-9-6)10(13)7(11)12/h2-3,13H,1H3,(H,11,12). The van der Waals surface area contributed by atoms with Crippen molar-refractivity contribution in [3.8, 4) is 5.88 Å². The van der Waals surface area contributed by atoms with Crippen molar-refractivity contribution in [1.82, 2.24) is 4.98 Å². The van der Waals surface area contributed by atoms with Crippen molar-refractivity contribution in [1.29, 1.82) is 0 Å². The van der Waals surface area contributed by atoms with Crippen molar-refractivity contribution in [2.45, 2.75) is 0 Å². The Kier molecular flexibility index (Phi) is 3.26. The van der Waals surface area contributed by atoms with Gasteiger partial charge < -0.3 is 9.84 Å². The molecular formula is C7H7BrN2O4. The normalized spacial score (nSPS) is 9.64. The Bertz CT molecular complexity index is 358. The number of carboxylic acid groups (broad SMARTS) is 1. The molecule has 1 heterocycles. The molecule has 0 aliphatic rings. The molecule has 0 aromatic carbocycles. The maximum absolute atomic E-state index is 10.4. The zero-order chi connectivity index (χ0) is 10.7. The van der Waals surface area contributed by atoms with Gasteiger partial charge in [0, 0.05) is 0 Å². The molecule has 1 aromatic rings. The number of ether oxygens (including phenoxy) is 1. The molecular weight excluding hydrogens is 256 g/mol. The first-order valence-electron chi connectivity index (χ1n) is 3.47. The van der Waals surface area contributed by atoms with Crippen LogP contribution in [0.4, 0.5) is 10.5 Å². The fraction of sp³-hybridized carbons (Fsp3) is 0.143. The van der Waals surface area contributed by atoms with Crippen molar-refractivity contribution >= 4 is 27.7 Å². The van der Waals surface area contributed by atoms with Gasteiger partial charge in [0.1, 0.15) is 0 Å². The van der Waals surface area contributed by atoms with Crippen LogP contribution in [0.25, 0.3) is 0 Å². The van der Waals surface area contributed by atoms with E-state index in [9.17, 15) is 4.79 Å². The molecule has 0 bridgehead atoms. The molecule has 6 nitrogen and oxygen atoms in total. The zero-order valence-electron chi connectivity index (χ0n) is 7.14. The maximum atomic E-state index is 10.4. The van der Waals surface area contributed by atoms with Crippen LogP contribution in [0.3, 0.4) is 0 Å². The number of hydrogen-bond donors (Lipinski definition) is 2. The van der Waals surface area contributed by atoms with Gasteiger partial charge in [-0.1, -0.05) is 0 Å². The van der Waals surface area contributed by atoms with Crippen LogP contribution in [0.1, 0.15) is 0 Å². The fourth-order valence-corrected chi connectivity index (χ4v) is 1.29. The van der Waals surface area contributed by atoms with Crippen molar-refractivity contribution in [2.24, 2.45) is 0 Å². The lowest BCUT2D eigenvalue weighted by molar-refractivity contribution is 0.160. The van der Waals surface area contributed by atoms with E-state index in [2.05, 4.69) is 20.9 Å². The first kappa shape index (κ1) is 10.7. The van der Waals surface area contributed by atoms with Crippen LogP contribution in [-0.4, -0.2) is 28.5 Å². The van der Waals surface area contributed by atoms with E-state index >= 15 is 0 Å². The Balaban J connectivity index is 3.02. The summed E-state index contributed by atoms with van der Waals surface area (Å²) in [4.78, 5) is 14.1. The van der Waals surface area contributed by atoms with Crippen molar-refractivity contribution < 1.29 is 19.8 Å². The molecule has 0 aliphatic heterocycles. The maximum Gasteiger partial charge on any atom is 0.436 e. The summed E-state index contributed by atoms with van der Waals surface area (Å²) in [5.41, 5.74) is 0.0326. The molecule has 7 heteroatoms. The number of pyridine rings is 1. The van der Waals surface area contributed by atoms with Gasteiger partial charge in [0.2, 0.25) is 5.88 Å². The number of aromatic nitrogens is 1. The summed E-state index contributed by atoms with van der Waals surface area (Å²) in [6, 6.07) is 1.37. The lowest BCUT2D eigenvalue weighted by atomic mass is 10.4. The summed E-state index contributed by atoms with van der Waals surface area (Å²) < 4.78 is 5.29. The first-order chi connectivity index (χ1) is 6.56. The lowest BCUT2D eigenvalue weighted by Gasteiger charge is -2.11. The molecule has 14 heavy (non-hydrogen) atoms. The topological polar surface area (TPSA) is 82.9 Å². The monoisotopic (exact) mass is 262 g/mol. The van der Waals surface area contributed by atoms with E-state index in [1.807, 2.05) is 0 Å². The number of anilines is 1. The third kappa shape index (κ3) is 2.12. The highest BCUT2D eigenvalue weighted by molar-refractivity contribution is 9.10. The van der Waals surface area contributed by atoms with Crippen LogP contribution in [0, 0.1) is 0 Å². The van der Waals surface area contributed by atoms with Crippen LogP contribution in [0.15, 0.2) is 16.7 Å². The Morgan fingerprint density at radius 2 is 2.36 bits per heavy atom. The number of carbonyl (C=O) groups is 1. The first-order valence-corrected chi connectivity index (χ1v) is 4.27. The summed E-state index contributed by atoms with van der Waals surface area (Å²) in [6.07, 6.45) is -0.304. The van der Waals surface area contributed by atoms with Crippen LogP contribution >= 0.6 is 15.9 Å². The number of hydrogen-bond acceptors (Lipinski definition) is 4. The van der Waals surface area contributed by atoms with E-state index < -0.39 is 6.09 Å². The van der Waals surface area contributed by atoms with E-state index in [1.165, 1.54) is 19.4 Å². The van der Waals surface area contributed by atoms with Crippen LogP contribution in [0.2, 0.25) is 0 Å². The van der Waals surface area contributed by atoms with Gasteiger partial charge >= 0.3 is 6.09 Å². The average Bonchev–Trinajstić information content (AvgIpc) is 2.16. The molecule has 0 unspecified atom stereocenters. The van der Waals surface area contributed by atoms with Gasteiger partial charge in [0.15, 0.2) is 0 Å². The molecule has 0 aliphatic carbocycles. The minimum absolute atomic E-state index is 0.0326. The minimum Gasteiger partial charge on any atom is -0.480 e. The second kappa shape index (κ2) is 4.25. The molecule has 0 saturated heterocycles. The molecule has 76 valence electrons. The molecule has 0 saturated carbocycles. The van der Waals surface area contributed by atoms with E-state index in [0.29, 0.717) is 10.4 Å². The van der Waals surface area contributed by atoms with Gasteiger partial charge in [-0.3, -0.25) is 5.21 Å². The Hall–Kier alpha value is -1.34. The quantitative estimate of drug-likeness (QED) is 0.627. The number of amides is 1. The van der Waals surface area contributed by atoms with Gasteiger partial charge in [0.25, 0.3) is 0 Å². The van der Waals surface area contributed by atoms with Crippen LogP contribution in [-0.2, 0) is 0 Å². The largest absolute Gasteiger partial charge is 0.480 e. The molecule has 0 spiro atoms. The Morgan fingerprint density at radius 1 is 1.71 bits per heavy atom. The smallest absolute Gasteiger partial charge is 0.436 e. The molecule has 0 fully saturated rings. The van der Waals surface area contributed by atoms with E-state index in [-0.39, 0.29) is 10.8 Å². The number of nitrogens with zero attached hydrogens (tertiary/aromatic N) is 2. The fourth-order valence-electron chi connectivity index (χ4n) is 0.792. The highest BCUT2D eigenvalue weighted by Gasteiger charge is 2.13. The number of hydroxylamine groups is 1. The summed E-state index contributed by atoms with van der Waals surface area (Å²) in [6.45, 7) is 0. The van der Waals surface area contributed by atoms with E-state index in [4.69, 9.17) is 15.1 Å². The van der Waals surface area contributed by atoms with Gasteiger partial charge in [-0.05, 0) is 22.0 Å². The summed E-state index contributed by atoms with van der Waals surface area (Å²) in [7, 11) is 1.43. The molecule has 0 atom stereocenters. The van der Waals surface area contributed by atoms with Crippen LogP contribution < -0.4 is 9.80 Å². The van der Waals surface area contributed by atoms with Gasteiger partial charge in [0.05, 0.1) is 23.5 Å². The third-order valence-corrected chi connectivity index (χ3v) is 1.98. The lowest BCUT2D eigenvalue weighted by Crippen LogP contribution is -2.24. The van der Waals surface area contributed by atoms with Crippen LogP contribution in [0.5, 0.6) is 5.88 Å². The second-order valence-corrected chi connectivity index (χ2v) is 3.13. The molecule has 2 N–H and O–H groups in total. The molecule has 1 aromatic heterocycles. The van der Waals surface area contributed by atoms with Gasteiger partial charge in [-0.25, -0.2) is 9.78 Å².